The molecule has 0 aliphatic carbocycles. The lowest BCUT2D eigenvalue weighted by molar-refractivity contribution is -0.109. The Morgan fingerprint density at radius 3 is 3.07 bits per heavy atom. The molecule has 0 saturated heterocycles. The van der Waals surface area contributed by atoms with Gasteiger partial charge >= 0.3 is 0 Å². The fraction of sp³-hybridized carbons (Fsp3) is 0.417. The van der Waals surface area contributed by atoms with Crippen LogP contribution < -0.4 is 4.74 Å². The average Bonchev–Trinajstić information content (AvgIpc) is 2.19. The van der Waals surface area contributed by atoms with Crippen LogP contribution in [0.4, 0.5) is 0 Å². The first-order chi connectivity index (χ1) is 6.76. The molecule has 2 nitrogen and oxygen atoms in total. The molecule has 1 aromatic carbocycles. The van der Waals surface area contributed by atoms with E-state index in [1.807, 2.05) is 18.2 Å². The van der Waals surface area contributed by atoms with E-state index in [-0.39, 0.29) is 5.41 Å². The molecular weight excluding hydrogens is 176 g/mol. The number of carbonyl (C=O) groups excluding carboxylic acids is 1. The van der Waals surface area contributed by atoms with Gasteiger partial charge in [-0.25, -0.2) is 0 Å². The fourth-order valence-electron chi connectivity index (χ4n) is 2.01. The summed E-state index contributed by atoms with van der Waals surface area (Å²) in [4.78, 5) is 10.6. The Morgan fingerprint density at radius 1 is 1.50 bits per heavy atom. The SMILES string of the molecule is CC1(CC=O)CCOc2ccccc21. The highest BCUT2D eigenvalue weighted by Gasteiger charge is 2.32. The molecule has 0 saturated carbocycles. The summed E-state index contributed by atoms with van der Waals surface area (Å²) in [5.41, 5.74) is 1.13. The molecule has 0 radical (unpaired) electrons. The van der Waals surface area contributed by atoms with Gasteiger partial charge in [-0.2, -0.15) is 0 Å². The van der Waals surface area contributed by atoms with Gasteiger partial charge < -0.3 is 9.53 Å². The first-order valence-electron chi connectivity index (χ1n) is 4.92. The molecule has 1 aromatic rings. The Labute approximate surface area is 83.9 Å². The van der Waals surface area contributed by atoms with E-state index in [9.17, 15) is 4.79 Å². The second-order valence-electron chi connectivity index (χ2n) is 4.03. The van der Waals surface area contributed by atoms with Crippen molar-refractivity contribution in [2.24, 2.45) is 0 Å². The quantitative estimate of drug-likeness (QED) is 0.669. The van der Waals surface area contributed by atoms with Crippen molar-refractivity contribution >= 4 is 6.29 Å². The highest BCUT2D eigenvalue weighted by atomic mass is 16.5. The Kier molecular flexibility index (Phi) is 2.28. The Hall–Kier alpha value is -1.31. The molecular formula is C12H14O2. The summed E-state index contributed by atoms with van der Waals surface area (Å²) >= 11 is 0. The number of hydrogen-bond acceptors (Lipinski definition) is 2. The summed E-state index contributed by atoms with van der Waals surface area (Å²) in [5.74, 6) is 0.933. The summed E-state index contributed by atoms with van der Waals surface area (Å²) < 4.78 is 5.55. The number of carbonyl (C=O) groups is 1. The molecule has 1 heterocycles. The third kappa shape index (κ3) is 1.41. The van der Waals surface area contributed by atoms with Crippen molar-refractivity contribution in [2.75, 3.05) is 6.61 Å². The van der Waals surface area contributed by atoms with E-state index in [0.29, 0.717) is 13.0 Å². The monoisotopic (exact) mass is 190 g/mol. The molecule has 0 fully saturated rings. The standard InChI is InChI=1S/C12H14O2/c1-12(6-8-13)7-9-14-11-5-3-2-4-10(11)12/h2-5,8H,6-7,9H2,1H3. The van der Waals surface area contributed by atoms with E-state index in [0.717, 1.165) is 18.5 Å². The highest BCUT2D eigenvalue weighted by molar-refractivity contribution is 5.55. The molecule has 1 aliphatic rings. The van der Waals surface area contributed by atoms with Gasteiger partial charge in [0.05, 0.1) is 6.61 Å². The molecule has 0 N–H and O–H groups in total. The Balaban J connectivity index is 2.44. The molecule has 14 heavy (non-hydrogen) atoms. The van der Waals surface area contributed by atoms with Crippen molar-refractivity contribution < 1.29 is 9.53 Å². The molecule has 2 heteroatoms. The van der Waals surface area contributed by atoms with Gasteiger partial charge in [-0.05, 0) is 12.5 Å². The third-order valence-corrected chi connectivity index (χ3v) is 2.98. The summed E-state index contributed by atoms with van der Waals surface area (Å²) in [6, 6.07) is 7.98. The fourth-order valence-corrected chi connectivity index (χ4v) is 2.01. The number of hydrogen-bond donors (Lipinski definition) is 0. The first-order valence-corrected chi connectivity index (χ1v) is 4.92. The predicted octanol–water partition coefficient (Wildman–Crippen LogP) is 2.32. The Morgan fingerprint density at radius 2 is 2.29 bits per heavy atom. The van der Waals surface area contributed by atoms with Gasteiger partial charge in [-0.1, -0.05) is 25.1 Å². The predicted molar refractivity (Wildman–Crippen MR) is 54.6 cm³/mol. The van der Waals surface area contributed by atoms with Gasteiger partial charge in [0, 0.05) is 17.4 Å². The van der Waals surface area contributed by atoms with E-state index in [2.05, 4.69) is 13.0 Å². The summed E-state index contributed by atoms with van der Waals surface area (Å²) in [7, 11) is 0. The number of rotatable bonds is 2. The lowest BCUT2D eigenvalue weighted by Crippen LogP contribution is -2.30. The minimum Gasteiger partial charge on any atom is -0.493 e. The van der Waals surface area contributed by atoms with Gasteiger partial charge in [0.25, 0.3) is 0 Å². The minimum atomic E-state index is -0.0312. The molecule has 1 unspecified atom stereocenters. The van der Waals surface area contributed by atoms with Crippen molar-refractivity contribution in [3.8, 4) is 5.75 Å². The van der Waals surface area contributed by atoms with Crippen LogP contribution in [0.15, 0.2) is 24.3 Å². The van der Waals surface area contributed by atoms with Gasteiger partial charge in [0.1, 0.15) is 12.0 Å². The van der Waals surface area contributed by atoms with Crippen LogP contribution >= 0.6 is 0 Å². The number of para-hydroxylation sites is 1. The van der Waals surface area contributed by atoms with Crippen LogP contribution in [0.5, 0.6) is 5.75 Å². The van der Waals surface area contributed by atoms with Crippen LogP contribution in [0.2, 0.25) is 0 Å². The third-order valence-electron chi connectivity index (χ3n) is 2.98. The molecule has 0 aromatic heterocycles. The van der Waals surface area contributed by atoms with E-state index >= 15 is 0 Å². The van der Waals surface area contributed by atoms with E-state index in [4.69, 9.17) is 4.74 Å². The molecule has 2 rings (SSSR count). The van der Waals surface area contributed by atoms with Gasteiger partial charge in [-0.15, -0.1) is 0 Å². The van der Waals surface area contributed by atoms with Gasteiger partial charge in [0.2, 0.25) is 0 Å². The highest BCUT2D eigenvalue weighted by Crippen LogP contribution is 2.39. The van der Waals surface area contributed by atoms with Crippen molar-refractivity contribution in [2.45, 2.75) is 25.2 Å². The lowest BCUT2D eigenvalue weighted by atomic mass is 9.76. The average molecular weight is 190 g/mol. The largest absolute Gasteiger partial charge is 0.493 e. The summed E-state index contributed by atoms with van der Waals surface area (Å²) in [5, 5.41) is 0. The number of aldehydes is 1. The molecule has 1 aliphatic heterocycles. The van der Waals surface area contributed by atoms with Crippen molar-refractivity contribution in [3.63, 3.8) is 0 Å². The van der Waals surface area contributed by atoms with Crippen LogP contribution in [0.25, 0.3) is 0 Å². The normalized spacial score (nSPS) is 24.9. The maximum atomic E-state index is 10.6. The second kappa shape index (κ2) is 3.45. The molecule has 0 spiro atoms. The summed E-state index contributed by atoms with van der Waals surface area (Å²) in [6.07, 6.45) is 2.50. The first kappa shape index (κ1) is 9.25. The van der Waals surface area contributed by atoms with Gasteiger partial charge in [0.15, 0.2) is 0 Å². The van der Waals surface area contributed by atoms with Crippen LogP contribution in [0.3, 0.4) is 0 Å². The van der Waals surface area contributed by atoms with Crippen LogP contribution in [-0.2, 0) is 10.2 Å². The number of ether oxygens (including phenoxy) is 1. The molecule has 0 bridgehead atoms. The zero-order valence-corrected chi connectivity index (χ0v) is 8.32. The topological polar surface area (TPSA) is 26.3 Å². The van der Waals surface area contributed by atoms with Crippen molar-refractivity contribution in [1.29, 1.82) is 0 Å². The second-order valence-corrected chi connectivity index (χ2v) is 4.03. The smallest absolute Gasteiger partial charge is 0.123 e. The minimum absolute atomic E-state index is 0.0312. The molecule has 1 atom stereocenters. The maximum absolute atomic E-state index is 10.6. The van der Waals surface area contributed by atoms with Crippen LogP contribution in [-0.4, -0.2) is 12.9 Å². The Bertz CT molecular complexity index is 346. The van der Waals surface area contributed by atoms with Gasteiger partial charge in [-0.3, -0.25) is 0 Å². The van der Waals surface area contributed by atoms with E-state index in [1.165, 1.54) is 5.56 Å². The van der Waals surface area contributed by atoms with Crippen LogP contribution in [0, 0.1) is 0 Å². The summed E-state index contributed by atoms with van der Waals surface area (Å²) in [6.45, 7) is 2.84. The number of benzene rings is 1. The zero-order valence-electron chi connectivity index (χ0n) is 8.32. The van der Waals surface area contributed by atoms with E-state index < -0.39 is 0 Å². The number of fused-ring (bicyclic) bond motifs is 1. The van der Waals surface area contributed by atoms with Crippen molar-refractivity contribution in [1.82, 2.24) is 0 Å². The van der Waals surface area contributed by atoms with Crippen molar-refractivity contribution in [3.05, 3.63) is 29.8 Å². The van der Waals surface area contributed by atoms with Crippen LogP contribution in [0.1, 0.15) is 25.3 Å². The lowest BCUT2D eigenvalue weighted by Gasteiger charge is -2.34. The molecule has 0 amide bonds. The molecule has 74 valence electrons. The van der Waals surface area contributed by atoms with E-state index in [1.54, 1.807) is 0 Å². The maximum Gasteiger partial charge on any atom is 0.123 e. The zero-order chi connectivity index (χ0) is 10.0.